The molecule has 0 saturated carbocycles. The fraction of sp³-hybridized carbons (Fsp3) is 0.278. The predicted molar refractivity (Wildman–Crippen MR) is 98.3 cm³/mol. The molecule has 0 amide bonds. The minimum Gasteiger partial charge on any atom is -0.465 e. The second-order valence-corrected chi connectivity index (χ2v) is 6.45. The van der Waals surface area contributed by atoms with Crippen molar-refractivity contribution in [2.75, 3.05) is 13.2 Å². The van der Waals surface area contributed by atoms with Crippen LogP contribution in [0.15, 0.2) is 47.6 Å². The molecular weight excluding hydrogens is 336 g/mol. The Hall–Kier alpha value is -2.38. The lowest BCUT2D eigenvalue weighted by Gasteiger charge is -2.08. The number of fused-ring (bicyclic) bond motifs is 1. The summed E-state index contributed by atoms with van der Waals surface area (Å²) in [4.78, 5) is 21.0. The molecule has 130 valence electrons. The van der Waals surface area contributed by atoms with Crippen LogP contribution in [0, 0.1) is 6.92 Å². The van der Waals surface area contributed by atoms with E-state index in [0.29, 0.717) is 6.61 Å². The third-order valence-electron chi connectivity index (χ3n) is 3.72. The highest BCUT2D eigenvalue weighted by atomic mass is 32.2. The second kappa shape index (κ2) is 8.13. The number of pyridine rings is 1. The van der Waals surface area contributed by atoms with E-state index in [2.05, 4.69) is 31.4 Å². The summed E-state index contributed by atoms with van der Waals surface area (Å²) in [7, 11) is 0. The number of hydrogen-bond acceptors (Lipinski definition) is 6. The quantitative estimate of drug-likeness (QED) is 0.518. The van der Waals surface area contributed by atoms with E-state index in [-0.39, 0.29) is 12.5 Å². The highest BCUT2D eigenvalue weighted by Crippen LogP contribution is 2.19. The highest BCUT2D eigenvalue weighted by Gasteiger charge is 2.08. The van der Waals surface area contributed by atoms with Gasteiger partial charge in [-0.15, -0.1) is 0 Å². The topological polar surface area (TPSA) is 69.0 Å². The summed E-state index contributed by atoms with van der Waals surface area (Å²) in [5.74, 6) is 0.723. The van der Waals surface area contributed by atoms with Crippen LogP contribution < -0.4 is 4.72 Å². The van der Waals surface area contributed by atoms with Gasteiger partial charge in [0.25, 0.3) is 0 Å². The van der Waals surface area contributed by atoms with Gasteiger partial charge in [-0.05, 0) is 49.6 Å². The van der Waals surface area contributed by atoms with Crippen LogP contribution >= 0.6 is 11.9 Å². The summed E-state index contributed by atoms with van der Waals surface area (Å²) < 4.78 is 10.1. The minimum atomic E-state index is -0.247. The maximum absolute atomic E-state index is 11.3. The minimum absolute atomic E-state index is 0.189. The zero-order valence-electron chi connectivity index (χ0n) is 14.2. The molecule has 7 heteroatoms. The standard InChI is InChI=1S/C18H20N4O2S/c1-3-24-18(23)11-20-25-15-6-4-14(5-7-15)12-22-13(2)21-16-10-19-9-8-17(16)22/h4-10,20H,3,11-12H2,1-2H3. The Bertz CT molecular complexity index is 861. The number of esters is 1. The smallest absolute Gasteiger partial charge is 0.320 e. The Kier molecular flexibility index (Phi) is 5.67. The fourth-order valence-electron chi connectivity index (χ4n) is 2.54. The molecule has 1 aromatic carbocycles. The number of nitrogens with zero attached hydrogens (tertiary/aromatic N) is 3. The van der Waals surface area contributed by atoms with Crippen LogP contribution in [0.4, 0.5) is 0 Å². The van der Waals surface area contributed by atoms with Gasteiger partial charge in [0.15, 0.2) is 0 Å². The van der Waals surface area contributed by atoms with Crippen molar-refractivity contribution in [1.82, 2.24) is 19.3 Å². The molecule has 0 fully saturated rings. The van der Waals surface area contributed by atoms with Crippen LogP contribution in [-0.2, 0) is 16.1 Å². The van der Waals surface area contributed by atoms with Crippen molar-refractivity contribution in [3.63, 3.8) is 0 Å². The molecule has 3 aromatic rings. The van der Waals surface area contributed by atoms with Gasteiger partial charge in [-0.3, -0.25) is 9.78 Å². The Balaban J connectivity index is 1.62. The average molecular weight is 356 g/mol. The second-order valence-electron chi connectivity index (χ2n) is 5.48. The monoisotopic (exact) mass is 356 g/mol. The number of benzene rings is 1. The van der Waals surface area contributed by atoms with Crippen LogP contribution in [0.2, 0.25) is 0 Å². The van der Waals surface area contributed by atoms with E-state index in [4.69, 9.17) is 4.74 Å². The molecule has 0 bridgehead atoms. The third kappa shape index (κ3) is 4.37. The molecule has 0 aliphatic heterocycles. The lowest BCUT2D eigenvalue weighted by atomic mass is 10.2. The molecule has 0 aliphatic rings. The average Bonchev–Trinajstić information content (AvgIpc) is 2.92. The molecule has 1 N–H and O–H groups in total. The van der Waals surface area contributed by atoms with Gasteiger partial charge in [0.1, 0.15) is 17.9 Å². The zero-order valence-corrected chi connectivity index (χ0v) is 15.0. The van der Waals surface area contributed by atoms with Gasteiger partial charge in [-0.25, -0.2) is 9.71 Å². The van der Waals surface area contributed by atoms with Gasteiger partial charge >= 0.3 is 5.97 Å². The summed E-state index contributed by atoms with van der Waals surface area (Å²) in [6, 6.07) is 10.2. The number of hydrogen-bond donors (Lipinski definition) is 1. The summed E-state index contributed by atoms with van der Waals surface area (Å²) in [5.41, 5.74) is 3.19. The maximum atomic E-state index is 11.3. The van der Waals surface area contributed by atoms with Crippen LogP contribution in [0.5, 0.6) is 0 Å². The molecule has 3 rings (SSSR count). The SMILES string of the molecule is CCOC(=O)CNSc1ccc(Cn2c(C)nc3cnccc32)cc1. The summed E-state index contributed by atoms with van der Waals surface area (Å²) in [6.45, 7) is 5.15. The van der Waals surface area contributed by atoms with E-state index in [1.165, 1.54) is 17.5 Å². The molecule has 0 saturated heterocycles. The van der Waals surface area contributed by atoms with Crippen molar-refractivity contribution in [1.29, 1.82) is 0 Å². The van der Waals surface area contributed by atoms with Gasteiger partial charge in [-0.2, -0.15) is 0 Å². The van der Waals surface area contributed by atoms with Gasteiger partial charge < -0.3 is 9.30 Å². The van der Waals surface area contributed by atoms with Crippen LogP contribution in [0.3, 0.4) is 0 Å². The molecule has 0 unspecified atom stereocenters. The van der Waals surface area contributed by atoms with E-state index in [1.807, 2.05) is 25.1 Å². The molecule has 2 heterocycles. The summed E-state index contributed by atoms with van der Waals surface area (Å²) in [6.07, 6.45) is 3.57. The van der Waals surface area contributed by atoms with E-state index < -0.39 is 0 Å². The first-order valence-corrected chi connectivity index (χ1v) is 8.90. The number of aryl methyl sites for hydroxylation is 1. The van der Waals surface area contributed by atoms with Crippen LogP contribution in [0.1, 0.15) is 18.3 Å². The number of aromatic nitrogens is 3. The number of carbonyl (C=O) groups excluding carboxylic acids is 1. The molecule has 6 nitrogen and oxygen atoms in total. The van der Waals surface area contributed by atoms with E-state index in [0.717, 1.165) is 28.3 Å². The van der Waals surface area contributed by atoms with E-state index >= 15 is 0 Å². The first-order chi connectivity index (χ1) is 12.2. The molecule has 0 atom stereocenters. The number of nitrogens with one attached hydrogen (secondary N) is 1. The van der Waals surface area contributed by atoms with Crippen molar-refractivity contribution in [3.8, 4) is 0 Å². The number of ether oxygens (including phenoxy) is 1. The summed E-state index contributed by atoms with van der Waals surface area (Å²) in [5, 5.41) is 0. The maximum Gasteiger partial charge on any atom is 0.320 e. The third-order valence-corrected chi connectivity index (χ3v) is 4.51. The van der Waals surface area contributed by atoms with Crippen molar-refractivity contribution < 1.29 is 9.53 Å². The van der Waals surface area contributed by atoms with Crippen LogP contribution in [-0.4, -0.2) is 33.7 Å². The van der Waals surface area contributed by atoms with Gasteiger partial charge in [0.05, 0.1) is 18.3 Å². The highest BCUT2D eigenvalue weighted by molar-refractivity contribution is 7.97. The Labute approximate surface area is 150 Å². The number of rotatable bonds is 7. The fourth-order valence-corrected chi connectivity index (χ4v) is 3.17. The van der Waals surface area contributed by atoms with Gasteiger partial charge in [0, 0.05) is 17.6 Å². The zero-order chi connectivity index (χ0) is 17.6. The molecule has 0 spiro atoms. The lowest BCUT2D eigenvalue weighted by Crippen LogP contribution is -2.19. The number of imidazole rings is 1. The molecular formula is C18H20N4O2S. The Morgan fingerprint density at radius 2 is 2.08 bits per heavy atom. The van der Waals surface area contributed by atoms with Crippen LogP contribution in [0.25, 0.3) is 11.0 Å². The van der Waals surface area contributed by atoms with E-state index in [9.17, 15) is 4.79 Å². The predicted octanol–water partition coefficient (Wildman–Crippen LogP) is 2.95. The van der Waals surface area contributed by atoms with Gasteiger partial charge in [-0.1, -0.05) is 12.1 Å². The molecule has 25 heavy (non-hydrogen) atoms. The van der Waals surface area contributed by atoms with Crippen molar-refractivity contribution in [3.05, 3.63) is 54.1 Å². The first kappa shape index (κ1) is 17.4. The molecule has 2 aromatic heterocycles. The lowest BCUT2D eigenvalue weighted by molar-refractivity contribution is -0.141. The molecule has 0 radical (unpaired) electrons. The van der Waals surface area contributed by atoms with Crippen molar-refractivity contribution >= 4 is 29.0 Å². The largest absolute Gasteiger partial charge is 0.465 e. The van der Waals surface area contributed by atoms with Gasteiger partial charge in [0.2, 0.25) is 0 Å². The molecule has 0 aliphatic carbocycles. The first-order valence-electron chi connectivity index (χ1n) is 8.08. The Morgan fingerprint density at radius 1 is 1.28 bits per heavy atom. The van der Waals surface area contributed by atoms with Crippen molar-refractivity contribution in [2.24, 2.45) is 0 Å². The normalized spacial score (nSPS) is 11.0. The number of carbonyl (C=O) groups is 1. The Morgan fingerprint density at radius 3 is 2.84 bits per heavy atom. The van der Waals surface area contributed by atoms with Crippen molar-refractivity contribution in [2.45, 2.75) is 25.3 Å². The van der Waals surface area contributed by atoms with E-state index in [1.54, 1.807) is 19.3 Å². The summed E-state index contributed by atoms with van der Waals surface area (Å²) >= 11 is 1.42.